The van der Waals surface area contributed by atoms with Crippen molar-refractivity contribution in [1.82, 2.24) is 10.3 Å². The summed E-state index contributed by atoms with van der Waals surface area (Å²) >= 11 is 0.388. The zero-order chi connectivity index (χ0) is 21.8. The Bertz CT molecular complexity index is 1220. The van der Waals surface area contributed by atoms with Gasteiger partial charge in [0, 0.05) is 36.6 Å². The molecule has 10 heteroatoms. The molecule has 1 N–H and O–H groups in total. The van der Waals surface area contributed by atoms with Gasteiger partial charge in [-0.1, -0.05) is 18.2 Å². The van der Waals surface area contributed by atoms with E-state index in [4.69, 9.17) is 0 Å². The van der Waals surface area contributed by atoms with Crippen LogP contribution >= 0.6 is 11.3 Å². The fourth-order valence-corrected chi connectivity index (χ4v) is 4.58. The number of alkyl halides is 3. The molecule has 3 heterocycles. The number of carbonyl (C=O) groups is 1. The SMILES string of the molecule is O=C1NCC(c2ccc(-c3cnc(C(F)(F)F)s3)c(F)c2)N1c1ccc2c(c1)N=CC2. The number of aromatic nitrogens is 1. The van der Waals surface area contributed by atoms with Gasteiger partial charge in [-0.05, 0) is 29.3 Å². The molecule has 158 valence electrons. The summed E-state index contributed by atoms with van der Waals surface area (Å²) < 4.78 is 53.3. The second kappa shape index (κ2) is 7.16. The summed E-state index contributed by atoms with van der Waals surface area (Å²) in [6, 6.07) is 9.07. The Balaban J connectivity index is 1.47. The van der Waals surface area contributed by atoms with Crippen molar-refractivity contribution < 1.29 is 22.4 Å². The first-order chi connectivity index (χ1) is 14.8. The van der Waals surface area contributed by atoms with Gasteiger partial charge in [0.25, 0.3) is 0 Å². The molecule has 5 nitrogen and oxygen atoms in total. The van der Waals surface area contributed by atoms with E-state index in [1.165, 1.54) is 17.0 Å². The molecule has 0 bridgehead atoms. The molecule has 1 aromatic heterocycles. The Labute approximate surface area is 178 Å². The molecule has 5 rings (SSSR count). The molecule has 1 saturated heterocycles. The molecular formula is C21H14F4N4OS. The van der Waals surface area contributed by atoms with E-state index in [0.717, 1.165) is 23.9 Å². The summed E-state index contributed by atoms with van der Waals surface area (Å²) in [6.45, 7) is 0.275. The summed E-state index contributed by atoms with van der Waals surface area (Å²) in [5, 5.41) is 1.74. The Morgan fingerprint density at radius 3 is 2.74 bits per heavy atom. The van der Waals surface area contributed by atoms with Crippen LogP contribution < -0.4 is 10.2 Å². The van der Waals surface area contributed by atoms with Crippen molar-refractivity contribution in [3.05, 3.63) is 64.5 Å². The second-order valence-corrected chi connectivity index (χ2v) is 8.20. The predicted molar refractivity (Wildman–Crippen MR) is 109 cm³/mol. The molecule has 2 aliphatic heterocycles. The highest BCUT2D eigenvalue weighted by atomic mass is 32.1. The highest BCUT2D eigenvalue weighted by molar-refractivity contribution is 7.15. The zero-order valence-electron chi connectivity index (χ0n) is 15.8. The quantitative estimate of drug-likeness (QED) is 0.541. The molecule has 3 aromatic rings. The Kier molecular flexibility index (Phi) is 4.54. The third-order valence-electron chi connectivity index (χ3n) is 5.26. The van der Waals surface area contributed by atoms with Crippen LogP contribution in [-0.2, 0) is 12.6 Å². The molecule has 1 atom stereocenters. The van der Waals surface area contributed by atoms with Gasteiger partial charge in [0.05, 0.1) is 16.6 Å². The fraction of sp³-hybridized carbons (Fsp3) is 0.190. The topological polar surface area (TPSA) is 57.6 Å². The molecule has 0 radical (unpaired) electrons. The summed E-state index contributed by atoms with van der Waals surface area (Å²) in [5.41, 5.74) is 3.07. The van der Waals surface area contributed by atoms with E-state index in [2.05, 4.69) is 15.3 Å². The van der Waals surface area contributed by atoms with Gasteiger partial charge in [0.1, 0.15) is 5.82 Å². The summed E-state index contributed by atoms with van der Waals surface area (Å²) in [7, 11) is 0. The van der Waals surface area contributed by atoms with Crippen LogP contribution in [0.3, 0.4) is 0 Å². The number of carbonyl (C=O) groups excluding carboxylic acids is 1. The van der Waals surface area contributed by atoms with Gasteiger partial charge in [0.15, 0.2) is 5.01 Å². The summed E-state index contributed by atoms with van der Waals surface area (Å²) in [6.07, 6.45) is -1.02. The first-order valence-corrected chi connectivity index (χ1v) is 10.2. The van der Waals surface area contributed by atoms with Crippen molar-refractivity contribution in [2.24, 2.45) is 4.99 Å². The molecule has 0 saturated carbocycles. The largest absolute Gasteiger partial charge is 0.443 e. The maximum Gasteiger partial charge on any atom is 0.443 e. The van der Waals surface area contributed by atoms with Crippen LogP contribution in [0.5, 0.6) is 0 Å². The molecule has 1 fully saturated rings. The first-order valence-electron chi connectivity index (χ1n) is 9.36. The van der Waals surface area contributed by atoms with Crippen LogP contribution in [0, 0.1) is 5.82 Å². The van der Waals surface area contributed by atoms with Crippen LogP contribution in [0.25, 0.3) is 10.4 Å². The summed E-state index contributed by atoms with van der Waals surface area (Å²) in [5.74, 6) is -0.673. The van der Waals surface area contributed by atoms with Gasteiger partial charge in [-0.15, -0.1) is 11.3 Å². The van der Waals surface area contributed by atoms with Gasteiger partial charge >= 0.3 is 12.2 Å². The highest BCUT2D eigenvalue weighted by Crippen LogP contribution is 2.39. The number of thiazole rings is 1. The normalized spacial score (nSPS) is 17.9. The van der Waals surface area contributed by atoms with Crippen molar-refractivity contribution >= 4 is 35.0 Å². The number of urea groups is 1. The van der Waals surface area contributed by atoms with Gasteiger partial charge in [0.2, 0.25) is 0 Å². The van der Waals surface area contributed by atoms with Gasteiger partial charge in [-0.2, -0.15) is 13.2 Å². The monoisotopic (exact) mass is 446 g/mol. The van der Waals surface area contributed by atoms with E-state index in [9.17, 15) is 22.4 Å². The first kappa shape index (κ1) is 19.7. The lowest BCUT2D eigenvalue weighted by Gasteiger charge is -2.24. The molecule has 0 aliphatic carbocycles. The number of rotatable bonds is 3. The van der Waals surface area contributed by atoms with Crippen molar-refractivity contribution in [2.45, 2.75) is 18.6 Å². The maximum absolute atomic E-state index is 14.9. The van der Waals surface area contributed by atoms with Gasteiger partial charge in [-0.25, -0.2) is 14.2 Å². The number of fused-ring (bicyclic) bond motifs is 1. The van der Waals surface area contributed by atoms with Crippen molar-refractivity contribution in [3.8, 4) is 10.4 Å². The lowest BCUT2D eigenvalue weighted by Crippen LogP contribution is -2.29. The van der Waals surface area contributed by atoms with Crippen LogP contribution in [0.2, 0.25) is 0 Å². The predicted octanol–water partition coefficient (Wildman–Crippen LogP) is 5.50. The average molecular weight is 446 g/mol. The number of nitrogens with zero attached hydrogens (tertiary/aromatic N) is 3. The maximum atomic E-state index is 14.9. The van der Waals surface area contributed by atoms with Gasteiger partial charge < -0.3 is 5.32 Å². The number of halogens is 4. The number of anilines is 1. The Hall–Kier alpha value is -3.27. The van der Waals surface area contributed by atoms with Crippen molar-refractivity contribution in [3.63, 3.8) is 0 Å². The third-order valence-corrected chi connectivity index (χ3v) is 6.33. The van der Waals surface area contributed by atoms with Crippen LogP contribution in [0.4, 0.5) is 33.7 Å². The fourth-order valence-electron chi connectivity index (χ4n) is 3.77. The van der Waals surface area contributed by atoms with E-state index in [-0.39, 0.29) is 23.0 Å². The standard InChI is InChI=1S/C21H14F4N4OS/c22-15-7-12(2-4-14(15)18-10-27-19(31-18)21(23,24)25)17-9-28-20(30)29(17)13-3-1-11-5-6-26-16(11)8-13/h1-4,6-8,10,17H,5,9H2,(H,28,30). The number of amides is 2. The van der Waals surface area contributed by atoms with Gasteiger partial charge in [-0.3, -0.25) is 9.89 Å². The van der Waals surface area contributed by atoms with Crippen LogP contribution in [0.1, 0.15) is 22.2 Å². The summed E-state index contributed by atoms with van der Waals surface area (Å²) in [4.78, 5) is 21.8. The second-order valence-electron chi connectivity index (χ2n) is 7.17. The number of hydrogen-bond acceptors (Lipinski definition) is 4. The van der Waals surface area contributed by atoms with E-state index in [0.29, 0.717) is 22.6 Å². The molecule has 1 unspecified atom stereocenters. The lowest BCUT2D eigenvalue weighted by atomic mass is 10.0. The van der Waals surface area contributed by atoms with E-state index in [1.807, 2.05) is 18.2 Å². The minimum Gasteiger partial charge on any atom is -0.335 e. The number of benzene rings is 2. The third kappa shape index (κ3) is 3.46. The van der Waals surface area contributed by atoms with Crippen molar-refractivity contribution in [1.29, 1.82) is 0 Å². The number of hydrogen-bond donors (Lipinski definition) is 1. The minimum atomic E-state index is -4.57. The van der Waals surface area contributed by atoms with Crippen LogP contribution in [-0.4, -0.2) is 23.8 Å². The van der Waals surface area contributed by atoms with Crippen molar-refractivity contribution in [2.75, 3.05) is 11.4 Å². The van der Waals surface area contributed by atoms with E-state index >= 15 is 0 Å². The Morgan fingerprint density at radius 1 is 1.16 bits per heavy atom. The number of aliphatic imine (C=N–C) groups is 1. The molecule has 2 amide bonds. The minimum absolute atomic E-state index is 0.0347. The number of nitrogens with one attached hydrogen (secondary N) is 1. The van der Waals surface area contributed by atoms with E-state index < -0.39 is 23.0 Å². The lowest BCUT2D eigenvalue weighted by molar-refractivity contribution is -0.137. The van der Waals surface area contributed by atoms with Crippen LogP contribution in [0.15, 0.2) is 47.6 Å². The zero-order valence-corrected chi connectivity index (χ0v) is 16.6. The molecule has 2 aromatic carbocycles. The molecule has 0 spiro atoms. The molecular weight excluding hydrogens is 432 g/mol. The van der Waals surface area contributed by atoms with E-state index in [1.54, 1.807) is 12.3 Å². The highest BCUT2D eigenvalue weighted by Gasteiger charge is 2.36. The Morgan fingerprint density at radius 2 is 2.00 bits per heavy atom. The average Bonchev–Trinajstić information content (AvgIpc) is 3.46. The smallest absolute Gasteiger partial charge is 0.335 e. The molecule has 31 heavy (non-hydrogen) atoms. The molecule has 2 aliphatic rings.